The molecule has 1 aromatic heterocycles. The third-order valence-corrected chi connectivity index (χ3v) is 4.61. The highest BCUT2D eigenvalue weighted by Crippen LogP contribution is 2.29. The molecule has 24 heavy (non-hydrogen) atoms. The molecule has 0 radical (unpaired) electrons. The number of nitrogens with zero attached hydrogens (tertiary/aromatic N) is 2. The number of esters is 1. The van der Waals surface area contributed by atoms with E-state index in [1.807, 2.05) is 6.07 Å². The molecule has 0 bridgehead atoms. The van der Waals surface area contributed by atoms with E-state index in [0.29, 0.717) is 13.1 Å². The summed E-state index contributed by atoms with van der Waals surface area (Å²) < 4.78 is 6.91. The van der Waals surface area contributed by atoms with E-state index in [9.17, 15) is 9.59 Å². The van der Waals surface area contributed by atoms with E-state index in [4.69, 9.17) is 0 Å². The van der Waals surface area contributed by atoms with Crippen LogP contribution in [-0.2, 0) is 29.0 Å². The van der Waals surface area contributed by atoms with Crippen LogP contribution in [0.15, 0.2) is 24.4 Å². The van der Waals surface area contributed by atoms with Gasteiger partial charge in [-0.3, -0.25) is 0 Å². The van der Waals surface area contributed by atoms with Gasteiger partial charge in [-0.25, -0.2) is 9.59 Å². The van der Waals surface area contributed by atoms with Crippen molar-refractivity contribution in [2.75, 3.05) is 13.7 Å². The molecule has 0 saturated heterocycles. The molecule has 1 N–H and O–H groups in total. The van der Waals surface area contributed by atoms with E-state index in [-0.39, 0.29) is 6.03 Å². The zero-order valence-electron chi connectivity index (χ0n) is 14.3. The first-order valence-electron chi connectivity index (χ1n) is 8.28. The number of urea groups is 1. The van der Waals surface area contributed by atoms with Crippen LogP contribution in [0.25, 0.3) is 10.9 Å². The van der Waals surface area contributed by atoms with Gasteiger partial charge in [0.1, 0.15) is 6.04 Å². The van der Waals surface area contributed by atoms with Crippen molar-refractivity contribution < 1.29 is 14.3 Å². The van der Waals surface area contributed by atoms with Gasteiger partial charge in [0, 0.05) is 36.7 Å². The highest BCUT2D eigenvalue weighted by atomic mass is 16.5. The molecule has 0 aliphatic carbocycles. The Balaban J connectivity index is 1.84. The van der Waals surface area contributed by atoms with Crippen molar-refractivity contribution in [3.05, 3.63) is 35.5 Å². The monoisotopic (exact) mass is 329 g/mol. The van der Waals surface area contributed by atoms with Crippen LogP contribution >= 0.6 is 0 Å². The maximum absolute atomic E-state index is 12.5. The molecule has 128 valence electrons. The number of carbonyl (C=O) groups excluding carboxylic acids is 2. The predicted molar refractivity (Wildman–Crippen MR) is 91.7 cm³/mol. The molecule has 0 saturated carbocycles. The lowest BCUT2D eigenvalue weighted by molar-refractivity contribution is -0.142. The average Bonchev–Trinajstić information content (AvgIpc) is 2.84. The van der Waals surface area contributed by atoms with Gasteiger partial charge in [0.25, 0.3) is 0 Å². The molecule has 6 nitrogen and oxygen atoms in total. The fourth-order valence-corrected chi connectivity index (χ4v) is 3.33. The van der Waals surface area contributed by atoms with E-state index in [2.05, 4.69) is 39.9 Å². The van der Waals surface area contributed by atoms with Gasteiger partial charge in [0.2, 0.25) is 0 Å². The molecule has 2 amide bonds. The van der Waals surface area contributed by atoms with Crippen LogP contribution in [0.5, 0.6) is 0 Å². The third kappa shape index (κ3) is 2.84. The summed E-state index contributed by atoms with van der Waals surface area (Å²) in [5, 5.41) is 3.97. The third-order valence-electron chi connectivity index (χ3n) is 4.61. The highest BCUT2D eigenvalue weighted by molar-refractivity contribution is 5.89. The molecule has 1 unspecified atom stereocenters. The Labute approximate surface area is 141 Å². The predicted octanol–water partition coefficient (Wildman–Crippen LogP) is 2.29. The number of methoxy groups -OCH3 is 1. The first-order chi connectivity index (χ1) is 11.5. The molecule has 1 atom stereocenters. The molecule has 2 heterocycles. The van der Waals surface area contributed by atoms with Crippen molar-refractivity contribution in [2.24, 2.45) is 0 Å². The lowest BCUT2D eigenvalue weighted by Gasteiger charge is -2.23. The van der Waals surface area contributed by atoms with Crippen molar-refractivity contribution in [2.45, 2.75) is 39.4 Å². The van der Waals surface area contributed by atoms with Gasteiger partial charge in [0.15, 0.2) is 0 Å². The summed E-state index contributed by atoms with van der Waals surface area (Å²) in [6, 6.07) is 5.34. The Bertz CT molecular complexity index is 781. The molecule has 2 aromatic rings. The SMILES string of the molecule is CCn1cc2c3c(cccc31)CN(C(=O)NC(C)C(=O)OC)CC2. The van der Waals surface area contributed by atoms with E-state index < -0.39 is 12.0 Å². The molecule has 1 aliphatic rings. The van der Waals surface area contributed by atoms with Gasteiger partial charge in [-0.15, -0.1) is 0 Å². The zero-order valence-corrected chi connectivity index (χ0v) is 14.3. The lowest BCUT2D eigenvalue weighted by Crippen LogP contribution is -2.47. The number of rotatable bonds is 3. The average molecular weight is 329 g/mol. The Kier molecular flexibility index (Phi) is 4.46. The van der Waals surface area contributed by atoms with Crippen molar-refractivity contribution in [3.63, 3.8) is 0 Å². The minimum atomic E-state index is -0.657. The molecular formula is C18H23N3O3. The van der Waals surface area contributed by atoms with Gasteiger partial charge >= 0.3 is 12.0 Å². The number of amides is 2. The second kappa shape index (κ2) is 6.55. The van der Waals surface area contributed by atoms with Crippen LogP contribution in [0, 0.1) is 0 Å². The minimum Gasteiger partial charge on any atom is -0.467 e. The van der Waals surface area contributed by atoms with E-state index in [1.165, 1.54) is 23.6 Å². The van der Waals surface area contributed by atoms with Gasteiger partial charge < -0.3 is 19.5 Å². The number of benzene rings is 1. The van der Waals surface area contributed by atoms with E-state index in [0.717, 1.165) is 18.5 Å². The number of aromatic nitrogens is 1. The Hall–Kier alpha value is -2.50. The summed E-state index contributed by atoms with van der Waals surface area (Å²) in [5.74, 6) is -0.443. The zero-order chi connectivity index (χ0) is 17.3. The first kappa shape index (κ1) is 16.4. The van der Waals surface area contributed by atoms with Gasteiger partial charge in [0.05, 0.1) is 7.11 Å². The van der Waals surface area contributed by atoms with Crippen molar-refractivity contribution >= 4 is 22.9 Å². The molecular weight excluding hydrogens is 306 g/mol. The fraction of sp³-hybridized carbons (Fsp3) is 0.444. The van der Waals surface area contributed by atoms with Gasteiger partial charge in [-0.1, -0.05) is 12.1 Å². The van der Waals surface area contributed by atoms with Crippen LogP contribution in [0.2, 0.25) is 0 Å². The number of hydrogen-bond donors (Lipinski definition) is 1. The lowest BCUT2D eigenvalue weighted by atomic mass is 10.1. The number of carbonyl (C=O) groups is 2. The van der Waals surface area contributed by atoms with Crippen molar-refractivity contribution in [1.29, 1.82) is 0 Å². The van der Waals surface area contributed by atoms with Crippen LogP contribution in [0.4, 0.5) is 4.79 Å². The fourth-order valence-electron chi connectivity index (χ4n) is 3.33. The summed E-state index contributed by atoms with van der Waals surface area (Å²) in [7, 11) is 1.32. The van der Waals surface area contributed by atoms with Gasteiger partial charge in [-0.2, -0.15) is 0 Å². The summed E-state index contributed by atoms with van der Waals surface area (Å²) in [5.41, 5.74) is 3.64. The smallest absolute Gasteiger partial charge is 0.328 e. The second-order valence-corrected chi connectivity index (χ2v) is 6.12. The number of nitrogens with one attached hydrogen (secondary N) is 1. The summed E-state index contributed by atoms with van der Waals surface area (Å²) in [4.78, 5) is 25.8. The van der Waals surface area contributed by atoms with Crippen LogP contribution in [-0.4, -0.2) is 41.2 Å². The van der Waals surface area contributed by atoms with Crippen LogP contribution < -0.4 is 5.32 Å². The Morgan fingerprint density at radius 3 is 2.83 bits per heavy atom. The Morgan fingerprint density at radius 1 is 1.33 bits per heavy atom. The summed E-state index contributed by atoms with van der Waals surface area (Å²) >= 11 is 0. The van der Waals surface area contributed by atoms with Crippen molar-refractivity contribution in [3.8, 4) is 0 Å². The van der Waals surface area contributed by atoms with Crippen LogP contribution in [0.3, 0.4) is 0 Å². The molecule has 0 fully saturated rings. The topological polar surface area (TPSA) is 63.6 Å². The molecule has 6 heteroatoms. The largest absolute Gasteiger partial charge is 0.467 e. The first-order valence-corrected chi connectivity index (χ1v) is 8.28. The number of hydrogen-bond acceptors (Lipinski definition) is 3. The number of aryl methyl sites for hydroxylation is 1. The normalized spacial score (nSPS) is 15.0. The summed E-state index contributed by atoms with van der Waals surface area (Å²) in [6.07, 6.45) is 2.99. The van der Waals surface area contributed by atoms with Crippen molar-refractivity contribution in [1.82, 2.24) is 14.8 Å². The molecule has 1 aliphatic heterocycles. The molecule has 3 rings (SSSR count). The quantitative estimate of drug-likeness (QED) is 0.879. The maximum atomic E-state index is 12.5. The summed E-state index contributed by atoms with van der Waals surface area (Å²) in [6.45, 7) is 5.85. The van der Waals surface area contributed by atoms with E-state index in [1.54, 1.807) is 11.8 Å². The van der Waals surface area contributed by atoms with E-state index >= 15 is 0 Å². The highest BCUT2D eigenvalue weighted by Gasteiger charge is 2.24. The second-order valence-electron chi connectivity index (χ2n) is 6.12. The number of ether oxygens (including phenoxy) is 1. The molecule has 1 aromatic carbocycles. The van der Waals surface area contributed by atoms with Crippen LogP contribution in [0.1, 0.15) is 25.0 Å². The van der Waals surface area contributed by atoms with Gasteiger partial charge in [-0.05, 0) is 37.5 Å². The minimum absolute atomic E-state index is 0.238. The standard InChI is InChI=1S/C18H23N3O3/c1-4-20-10-14-8-9-21(18(23)19-12(2)17(22)24-3)11-13-6-5-7-15(20)16(13)14/h5-7,10,12H,4,8-9,11H2,1-3H3,(H,19,23). The maximum Gasteiger partial charge on any atom is 0.328 e. The molecule has 0 spiro atoms. The Morgan fingerprint density at radius 2 is 2.12 bits per heavy atom.